The van der Waals surface area contributed by atoms with Crippen LogP contribution < -0.4 is 5.32 Å². The van der Waals surface area contributed by atoms with E-state index in [9.17, 15) is 0 Å². The number of halogens is 1. The molecule has 2 aliphatic carbocycles. The topological polar surface area (TPSA) is 15.3 Å². The Hall–Kier alpha value is -0.380. The van der Waals surface area contributed by atoms with Crippen LogP contribution in [0.15, 0.2) is 28.7 Å². The van der Waals surface area contributed by atoms with Gasteiger partial charge in [0.2, 0.25) is 0 Å². The van der Waals surface area contributed by atoms with Crippen molar-refractivity contribution in [2.45, 2.75) is 56.0 Å². The van der Waals surface area contributed by atoms with Gasteiger partial charge in [0, 0.05) is 22.6 Å². The Bertz CT molecular complexity index is 457. The lowest BCUT2D eigenvalue weighted by Crippen LogP contribution is -2.53. The molecule has 1 N–H and O–H groups in total. The van der Waals surface area contributed by atoms with Crippen molar-refractivity contribution < 1.29 is 0 Å². The molecular formula is C18H27BrN2. The average Bonchev–Trinajstić information content (AvgIpc) is 2.89. The normalized spacial score (nSPS) is 27.8. The average molecular weight is 351 g/mol. The first kappa shape index (κ1) is 15.5. The number of nitrogens with zero attached hydrogens (tertiary/aromatic N) is 1. The van der Waals surface area contributed by atoms with Crippen LogP contribution in [0.1, 0.15) is 50.0 Å². The molecule has 0 unspecified atom stereocenters. The van der Waals surface area contributed by atoms with Crippen molar-refractivity contribution in [1.82, 2.24) is 10.2 Å². The molecule has 1 aromatic rings. The molecule has 0 bridgehead atoms. The highest BCUT2D eigenvalue weighted by Gasteiger charge is 2.38. The van der Waals surface area contributed by atoms with Crippen LogP contribution >= 0.6 is 15.9 Å². The van der Waals surface area contributed by atoms with E-state index >= 15 is 0 Å². The van der Waals surface area contributed by atoms with E-state index in [0.29, 0.717) is 5.54 Å². The van der Waals surface area contributed by atoms with Crippen LogP contribution in [-0.4, -0.2) is 37.1 Å². The minimum absolute atomic E-state index is 0.419. The molecule has 0 amide bonds. The second kappa shape index (κ2) is 6.39. The predicted molar refractivity (Wildman–Crippen MR) is 92.8 cm³/mol. The smallest absolute Gasteiger partial charge is 0.0327 e. The van der Waals surface area contributed by atoms with Crippen molar-refractivity contribution in [2.24, 2.45) is 0 Å². The minimum Gasteiger partial charge on any atom is -0.312 e. The third-order valence-corrected chi connectivity index (χ3v) is 6.21. The first-order chi connectivity index (χ1) is 10.1. The van der Waals surface area contributed by atoms with Gasteiger partial charge >= 0.3 is 0 Å². The first-order valence-electron chi connectivity index (χ1n) is 8.25. The standard InChI is InChI=1S/C18H27BrN2/c1-21(2)18(9-3-4-10-18)13-20-17-11-15(12-17)14-5-7-16(19)8-6-14/h5-8,15,17,20H,3-4,9-13H2,1-2H3. The van der Waals surface area contributed by atoms with Gasteiger partial charge in [-0.1, -0.05) is 40.9 Å². The van der Waals surface area contributed by atoms with Gasteiger partial charge in [-0.25, -0.2) is 0 Å². The van der Waals surface area contributed by atoms with Gasteiger partial charge in [-0.15, -0.1) is 0 Å². The Morgan fingerprint density at radius 3 is 2.33 bits per heavy atom. The van der Waals surface area contributed by atoms with Gasteiger partial charge in [0.05, 0.1) is 0 Å². The van der Waals surface area contributed by atoms with Crippen molar-refractivity contribution in [3.8, 4) is 0 Å². The monoisotopic (exact) mass is 350 g/mol. The summed E-state index contributed by atoms with van der Waals surface area (Å²) in [6.07, 6.45) is 8.10. The van der Waals surface area contributed by atoms with Crippen LogP contribution in [0.3, 0.4) is 0 Å². The molecule has 2 nitrogen and oxygen atoms in total. The number of hydrogen-bond donors (Lipinski definition) is 1. The third-order valence-electron chi connectivity index (χ3n) is 5.68. The van der Waals surface area contributed by atoms with E-state index in [4.69, 9.17) is 0 Å². The summed E-state index contributed by atoms with van der Waals surface area (Å²) in [4.78, 5) is 2.46. The van der Waals surface area contributed by atoms with E-state index in [0.717, 1.165) is 18.5 Å². The molecule has 0 saturated heterocycles. The van der Waals surface area contributed by atoms with Gasteiger partial charge in [-0.05, 0) is 63.4 Å². The highest BCUT2D eigenvalue weighted by molar-refractivity contribution is 9.10. The van der Waals surface area contributed by atoms with Crippen LogP contribution in [0, 0.1) is 0 Å². The van der Waals surface area contributed by atoms with Gasteiger partial charge in [-0.2, -0.15) is 0 Å². The lowest BCUT2D eigenvalue weighted by atomic mass is 9.75. The summed E-state index contributed by atoms with van der Waals surface area (Å²) in [6.45, 7) is 1.16. The highest BCUT2D eigenvalue weighted by Crippen LogP contribution is 2.38. The Morgan fingerprint density at radius 2 is 1.76 bits per heavy atom. The SMILES string of the molecule is CN(C)C1(CNC2CC(c3ccc(Br)cc3)C2)CCCC1. The van der Waals surface area contributed by atoms with Crippen molar-refractivity contribution in [3.05, 3.63) is 34.3 Å². The van der Waals surface area contributed by atoms with Gasteiger partial charge < -0.3 is 10.2 Å². The van der Waals surface area contributed by atoms with Crippen molar-refractivity contribution in [1.29, 1.82) is 0 Å². The van der Waals surface area contributed by atoms with Crippen LogP contribution in [0.4, 0.5) is 0 Å². The molecular weight excluding hydrogens is 324 g/mol. The van der Waals surface area contributed by atoms with Crippen LogP contribution in [0.2, 0.25) is 0 Å². The van der Waals surface area contributed by atoms with Crippen molar-refractivity contribution in [2.75, 3.05) is 20.6 Å². The van der Waals surface area contributed by atoms with Crippen LogP contribution in [0.25, 0.3) is 0 Å². The Balaban J connectivity index is 1.47. The molecule has 0 radical (unpaired) electrons. The molecule has 3 heteroatoms. The quantitative estimate of drug-likeness (QED) is 0.857. The summed E-state index contributed by atoms with van der Waals surface area (Å²) >= 11 is 3.51. The molecule has 0 atom stereocenters. The maximum atomic E-state index is 3.84. The zero-order valence-corrected chi connectivity index (χ0v) is 14.8. The molecule has 21 heavy (non-hydrogen) atoms. The second-order valence-electron chi connectivity index (χ2n) is 7.12. The lowest BCUT2D eigenvalue weighted by molar-refractivity contribution is 0.138. The van der Waals surface area contributed by atoms with E-state index in [2.05, 4.69) is 64.5 Å². The number of nitrogens with one attached hydrogen (secondary N) is 1. The molecule has 0 aliphatic heterocycles. The predicted octanol–water partition coefficient (Wildman–Crippen LogP) is 4.16. The zero-order chi connectivity index (χ0) is 14.9. The van der Waals surface area contributed by atoms with E-state index < -0.39 is 0 Å². The molecule has 3 rings (SSSR count). The highest BCUT2D eigenvalue weighted by atomic mass is 79.9. The summed E-state index contributed by atoms with van der Waals surface area (Å²) in [5.41, 5.74) is 1.92. The fraction of sp³-hybridized carbons (Fsp3) is 0.667. The molecule has 1 aromatic carbocycles. The molecule has 116 valence electrons. The largest absolute Gasteiger partial charge is 0.312 e. The Morgan fingerprint density at radius 1 is 1.14 bits per heavy atom. The number of benzene rings is 1. The maximum Gasteiger partial charge on any atom is 0.0327 e. The first-order valence-corrected chi connectivity index (χ1v) is 9.05. The fourth-order valence-electron chi connectivity index (χ4n) is 3.94. The second-order valence-corrected chi connectivity index (χ2v) is 8.04. The zero-order valence-electron chi connectivity index (χ0n) is 13.2. The number of likely N-dealkylation sites (N-methyl/N-ethyl adjacent to an activating group) is 1. The summed E-state index contributed by atoms with van der Waals surface area (Å²) in [5.74, 6) is 0.759. The fourth-order valence-corrected chi connectivity index (χ4v) is 4.21. The van der Waals surface area contributed by atoms with Crippen LogP contribution in [-0.2, 0) is 0 Å². The lowest BCUT2D eigenvalue weighted by Gasteiger charge is -2.42. The molecule has 0 heterocycles. The summed E-state index contributed by atoms with van der Waals surface area (Å²) in [7, 11) is 4.50. The maximum absolute atomic E-state index is 3.84. The minimum atomic E-state index is 0.419. The summed E-state index contributed by atoms with van der Waals surface area (Å²) < 4.78 is 1.18. The molecule has 0 aromatic heterocycles. The van der Waals surface area contributed by atoms with Gasteiger partial charge in [0.25, 0.3) is 0 Å². The molecule has 2 aliphatic rings. The van der Waals surface area contributed by atoms with Gasteiger partial charge in [0.1, 0.15) is 0 Å². The van der Waals surface area contributed by atoms with E-state index in [-0.39, 0.29) is 0 Å². The van der Waals surface area contributed by atoms with Gasteiger partial charge in [0.15, 0.2) is 0 Å². The third kappa shape index (κ3) is 3.35. The molecule has 2 fully saturated rings. The van der Waals surface area contributed by atoms with E-state index in [1.807, 2.05) is 0 Å². The van der Waals surface area contributed by atoms with Crippen LogP contribution in [0.5, 0.6) is 0 Å². The summed E-state index contributed by atoms with van der Waals surface area (Å²) in [5, 5.41) is 3.84. The molecule has 0 spiro atoms. The molecule has 2 saturated carbocycles. The number of hydrogen-bond acceptors (Lipinski definition) is 2. The summed E-state index contributed by atoms with van der Waals surface area (Å²) in [6, 6.07) is 9.58. The van der Waals surface area contributed by atoms with Gasteiger partial charge in [-0.3, -0.25) is 0 Å². The van der Waals surface area contributed by atoms with Crippen molar-refractivity contribution in [3.63, 3.8) is 0 Å². The number of rotatable bonds is 5. The van der Waals surface area contributed by atoms with E-state index in [1.165, 1.54) is 48.6 Å². The Kier molecular flexibility index (Phi) is 4.72. The Labute approximate surface area is 137 Å². The van der Waals surface area contributed by atoms with E-state index in [1.54, 1.807) is 0 Å². The van der Waals surface area contributed by atoms with Crippen molar-refractivity contribution >= 4 is 15.9 Å².